The number of carbonyl (C=O) groups is 1. The maximum Gasteiger partial charge on any atom is 0.404 e. The first-order chi connectivity index (χ1) is 12.0. The summed E-state index contributed by atoms with van der Waals surface area (Å²) in [5.74, 6) is 0. The molecule has 0 aliphatic rings. The molecule has 0 aliphatic carbocycles. The molecule has 0 bridgehead atoms. The summed E-state index contributed by atoms with van der Waals surface area (Å²) >= 11 is 11.8. The van der Waals surface area contributed by atoms with Gasteiger partial charge in [-0.15, -0.1) is 0 Å². The Morgan fingerprint density at radius 2 is 1.76 bits per heavy atom. The first kappa shape index (κ1) is 19.5. The van der Waals surface area contributed by atoms with Gasteiger partial charge in [0.15, 0.2) is 0 Å². The van der Waals surface area contributed by atoms with E-state index in [1.807, 2.05) is 36.4 Å². The monoisotopic (exact) mass is 382 g/mol. The highest BCUT2D eigenvalue weighted by Crippen LogP contribution is 2.22. The standard InChI is InChI=1S/C18H20Cl2N2O3/c19-14-7-6-13(8-15(14)20)10-21-11-17(23)16(22-18(24)25)9-12-4-2-1-3-5-12/h1-8,16-17,21-23H,9-11H2,(H,24,25)/t16-,17-/m0/s1. The highest BCUT2D eigenvalue weighted by atomic mass is 35.5. The molecule has 2 aromatic carbocycles. The summed E-state index contributed by atoms with van der Waals surface area (Å²) in [6.07, 6.45) is -1.63. The zero-order chi connectivity index (χ0) is 18.2. The van der Waals surface area contributed by atoms with Crippen LogP contribution in [0.5, 0.6) is 0 Å². The van der Waals surface area contributed by atoms with Gasteiger partial charge < -0.3 is 20.8 Å². The van der Waals surface area contributed by atoms with Gasteiger partial charge in [-0.05, 0) is 29.7 Å². The maximum atomic E-state index is 11.0. The lowest BCUT2D eigenvalue weighted by atomic mass is 10.0. The van der Waals surface area contributed by atoms with E-state index in [2.05, 4.69) is 10.6 Å². The average molecular weight is 383 g/mol. The predicted molar refractivity (Wildman–Crippen MR) is 99.3 cm³/mol. The SMILES string of the molecule is O=C(O)N[C@@H](Cc1ccccc1)[C@@H](O)CNCc1ccc(Cl)c(Cl)c1. The van der Waals surface area contributed by atoms with Crippen LogP contribution < -0.4 is 10.6 Å². The Hall–Kier alpha value is -1.79. The Bertz CT molecular complexity index is 698. The molecular formula is C18H20Cl2N2O3. The maximum absolute atomic E-state index is 11.0. The van der Waals surface area contributed by atoms with Gasteiger partial charge in [0.2, 0.25) is 0 Å². The molecule has 0 aromatic heterocycles. The summed E-state index contributed by atoms with van der Waals surface area (Å²) in [6.45, 7) is 0.719. The number of hydrogen-bond donors (Lipinski definition) is 4. The van der Waals surface area contributed by atoms with Crippen molar-refractivity contribution in [1.29, 1.82) is 0 Å². The Morgan fingerprint density at radius 3 is 2.40 bits per heavy atom. The lowest BCUT2D eigenvalue weighted by Crippen LogP contribution is -2.48. The van der Waals surface area contributed by atoms with E-state index < -0.39 is 18.2 Å². The van der Waals surface area contributed by atoms with Crippen molar-refractivity contribution in [2.24, 2.45) is 0 Å². The second kappa shape index (κ2) is 9.63. The van der Waals surface area contributed by atoms with E-state index in [4.69, 9.17) is 28.3 Å². The van der Waals surface area contributed by atoms with Crippen LogP contribution in [-0.4, -0.2) is 35.0 Å². The van der Waals surface area contributed by atoms with E-state index in [1.165, 1.54) is 0 Å². The molecular weight excluding hydrogens is 363 g/mol. The van der Waals surface area contributed by atoms with Crippen LogP contribution in [0, 0.1) is 0 Å². The number of aliphatic hydroxyl groups is 1. The van der Waals surface area contributed by atoms with E-state index >= 15 is 0 Å². The third kappa shape index (κ3) is 6.55. The van der Waals surface area contributed by atoms with Crippen molar-refractivity contribution >= 4 is 29.3 Å². The minimum absolute atomic E-state index is 0.234. The van der Waals surface area contributed by atoms with Gasteiger partial charge in [0.1, 0.15) is 0 Å². The Labute approximate surface area is 156 Å². The average Bonchev–Trinajstić information content (AvgIpc) is 2.58. The molecule has 0 fully saturated rings. The molecule has 0 saturated heterocycles. The normalized spacial score (nSPS) is 13.2. The zero-order valence-corrected chi connectivity index (χ0v) is 15.0. The number of rotatable bonds is 8. The zero-order valence-electron chi connectivity index (χ0n) is 13.5. The van der Waals surface area contributed by atoms with Gasteiger partial charge in [0.25, 0.3) is 0 Å². The van der Waals surface area contributed by atoms with Crippen molar-refractivity contribution in [3.63, 3.8) is 0 Å². The molecule has 0 unspecified atom stereocenters. The van der Waals surface area contributed by atoms with Crippen LogP contribution >= 0.6 is 23.2 Å². The fourth-order valence-electron chi connectivity index (χ4n) is 2.47. The molecule has 0 radical (unpaired) electrons. The second-order valence-corrected chi connectivity index (χ2v) is 6.51. The van der Waals surface area contributed by atoms with E-state index in [-0.39, 0.29) is 6.54 Å². The number of carboxylic acid groups (broad SMARTS) is 1. The van der Waals surface area contributed by atoms with Crippen molar-refractivity contribution in [3.05, 3.63) is 69.7 Å². The topological polar surface area (TPSA) is 81.6 Å². The molecule has 2 aromatic rings. The van der Waals surface area contributed by atoms with Crippen molar-refractivity contribution in [3.8, 4) is 0 Å². The van der Waals surface area contributed by atoms with Crippen LogP contribution in [0.15, 0.2) is 48.5 Å². The van der Waals surface area contributed by atoms with Crippen LogP contribution in [0.25, 0.3) is 0 Å². The summed E-state index contributed by atoms with van der Waals surface area (Å²) in [7, 11) is 0. The van der Waals surface area contributed by atoms with E-state index in [0.29, 0.717) is 23.0 Å². The Morgan fingerprint density at radius 1 is 1.04 bits per heavy atom. The minimum Gasteiger partial charge on any atom is -0.465 e. The number of nitrogens with one attached hydrogen (secondary N) is 2. The molecule has 7 heteroatoms. The summed E-state index contributed by atoms with van der Waals surface area (Å²) in [5.41, 5.74) is 1.87. The summed E-state index contributed by atoms with van der Waals surface area (Å²) in [5, 5.41) is 25.8. The molecule has 4 N–H and O–H groups in total. The van der Waals surface area contributed by atoms with Gasteiger partial charge >= 0.3 is 6.09 Å². The molecule has 0 heterocycles. The number of hydrogen-bond acceptors (Lipinski definition) is 3. The number of halogens is 2. The molecule has 134 valence electrons. The van der Waals surface area contributed by atoms with Crippen molar-refractivity contribution in [2.45, 2.75) is 25.1 Å². The predicted octanol–water partition coefficient (Wildman–Crippen LogP) is 3.32. The molecule has 0 spiro atoms. The number of amides is 1. The minimum atomic E-state index is -1.16. The van der Waals surface area contributed by atoms with Gasteiger partial charge in [-0.1, -0.05) is 59.6 Å². The largest absolute Gasteiger partial charge is 0.465 e. The van der Waals surface area contributed by atoms with Crippen LogP contribution in [0.1, 0.15) is 11.1 Å². The van der Waals surface area contributed by atoms with Gasteiger partial charge in [-0.3, -0.25) is 0 Å². The molecule has 0 saturated carbocycles. The van der Waals surface area contributed by atoms with Crippen molar-refractivity contribution < 1.29 is 15.0 Å². The molecule has 25 heavy (non-hydrogen) atoms. The smallest absolute Gasteiger partial charge is 0.404 e. The van der Waals surface area contributed by atoms with Crippen LogP contribution in [0.2, 0.25) is 10.0 Å². The van der Waals surface area contributed by atoms with Gasteiger partial charge in [0, 0.05) is 13.1 Å². The molecule has 2 atom stereocenters. The number of aliphatic hydroxyl groups excluding tert-OH is 1. The first-order valence-corrected chi connectivity index (χ1v) is 8.57. The van der Waals surface area contributed by atoms with Crippen LogP contribution in [-0.2, 0) is 13.0 Å². The fourth-order valence-corrected chi connectivity index (χ4v) is 2.79. The highest BCUT2D eigenvalue weighted by Gasteiger charge is 2.21. The Kier molecular flexibility index (Phi) is 7.52. The van der Waals surface area contributed by atoms with E-state index in [9.17, 15) is 9.90 Å². The van der Waals surface area contributed by atoms with E-state index in [0.717, 1.165) is 11.1 Å². The van der Waals surface area contributed by atoms with Gasteiger partial charge in [-0.25, -0.2) is 4.79 Å². The third-order valence-corrected chi connectivity index (χ3v) is 4.48. The van der Waals surface area contributed by atoms with Gasteiger partial charge in [0.05, 0.1) is 22.2 Å². The van der Waals surface area contributed by atoms with Crippen molar-refractivity contribution in [2.75, 3.05) is 6.54 Å². The molecule has 5 nitrogen and oxygen atoms in total. The summed E-state index contributed by atoms with van der Waals surface area (Å²) < 4.78 is 0. The van der Waals surface area contributed by atoms with Gasteiger partial charge in [-0.2, -0.15) is 0 Å². The van der Waals surface area contributed by atoms with E-state index in [1.54, 1.807) is 12.1 Å². The quantitative estimate of drug-likeness (QED) is 0.564. The number of benzene rings is 2. The lowest BCUT2D eigenvalue weighted by Gasteiger charge is -2.23. The summed E-state index contributed by atoms with van der Waals surface area (Å²) in [4.78, 5) is 11.0. The molecule has 0 aliphatic heterocycles. The Balaban J connectivity index is 1.90. The fraction of sp³-hybridized carbons (Fsp3) is 0.278. The summed E-state index contributed by atoms with van der Waals surface area (Å²) in [6, 6.07) is 14.1. The first-order valence-electron chi connectivity index (χ1n) is 7.82. The van der Waals surface area contributed by atoms with Crippen molar-refractivity contribution in [1.82, 2.24) is 10.6 Å². The highest BCUT2D eigenvalue weighted by molar-refractivity contribution is 6.42. The third-order valence-electron chi connectivity index (χ3n) is 3.74. The molecule has 2 rings (SSSR count). The molecule has 1 amide bonds. The second-order valence-electron chi connectivity index (χ2n) is 5.69. The lowest BCUT2D eigenvalue weighted by molar-refractivity contribution is 0.117. The van der Waals surface area contributed by atoms with Crippen LogP contribution in [0.3, 0.4) is 0 Å². The van der Waals surface area contributed by atoms with Crippen LogP contribution in [0.4, 0.5) is 4.79 Å².